The van der Waals surface area contributed by atoms with E-state index in [1.807, 2.05) is 25.1 Å². The van der Waals surface area contributed by atoms with Gasteiger partial charge in [0.1, 0.15) is 5.75 Å². The molecule has 0 aromatic heterocycles. The van der Waals surface area contributed by atoms with Gasteiger partial charge in [-0.1, -0.05) is 29.8 Å². The van der Waals surface area contributed by atoms with Crippen LogP contribution in [0.1, 0.15) is 15.9 Å². The molecule has 0 bridgehead atoms. The highest BCUT2D eigenvalue weighted by Gasteiger charge is 2.13. The largest absolute Gasteiger partial charge is 0.483 e. The van der Waals surface area contributed by atoms with E-state index in [-0.39, 0.29) is 23.1 Å². The molecular weight excluding hydrogens is 318 g/mol. The summed E-state index contributed by atoms with van der Waals surface area (Å²) in [5, 5.41) is 2.90. The fourth-order valence-corrected chi connectivity index (χ4v) is 2.12. The maximum Gasteiger partial charge on any atom is 0.339 e. The lowest BCUT2D eigenvalue weighted by Gasteiger charge is -2.10. The van der Waals surface area contributed by atoms with E-state index in [1.165, 1.54) is 19.2 Å². The summed E-state index contributed by atoms with van der Waals surface area (Å²) < 4.78 is 10.1. The predicted octanol–water partition coefficient (Wildman–Crippen LogP) is 3.45. The summed E-state index contributed by atoms with van der Waals surface area (Å²) in [5.41, 5.74) is 1.57. The minimum absolute atomic E-state index is 0.138. The molecule has 6 heteroatoms. The van der Waals surface area contributed by atoms with Crippen molar-refractivity contribution >= 4 is 29.2 Å². The summed E-state index contributed by atoms with van der Waals surface area (Å²) in [6.07, 6.45) is 0. The first-order valence-electron chi connectivity index (χ1n) is 6.87. The van der Waals surface area contributed by atoms with Crippen LogP contribution in [0.2, 0.25) is 5.02 Å². The predicted molar refractivity (Wildman–Crippen MR) is 88.1 cm³/mol. The summed E-state index contributed by atoms with van der Waals surface area (Å²) in [6, 6.07) is 12.0. The molecule has 1 N–H and O–H groups in total. The third kappa shape index (κ3) is 4.47. The standard InChI is InChI=1S/C17H16ClNO4/c1-11-5-3-4-6-15(11)23-10-16(20)19-12-7-8-14(18)13(9-12)17(21)22-2/h3-9H,10H2,1-2H3,(H,19,20). The first-order valence-corrected chi connectivity index (χ1v) is 7.25. The maximum absolute atomic E-state index is 11.9. The SMILES string of the molecule is COC(=O)c1cc(NC(=O)COc2ccccc2C)ccc1Cl. The van der Waals surface area contributed by atoms with E-state index < -0.39 is 5.97 Å². The molecule has 0 radical (unpaired) electrons. The minimum Gasteiger partial charge on any atom is -0.483 e. The summed E-state index contributed by atoms with van der Waals surface area (Å²) in [4.78, 5) is 23.5. The molecule has 2 aromatic carbocycles. The Bertz CT molecular complexity index is 730. The zero-order valence-corrected chi connectivity index (χ0v) is 13.5. The lowest BCUT2D eigenvalue weighted by atomic mass is 10.2. The van der Waals surface area contributed by atoms with E-state index in [9.17, 15) is 9.59 Å². The number of para-hydroxylation sites is 1. The fraction of sp³-hybridized carbons (Fsp3) is 0.176. The van der Waals surface area contributed by atoms with Crippen LogP contribution in [0.15, 0.2) is 42.5 Å². The van der Waals surface area contributed by atoms with Crippen LogP contribution in [-0.4, -0.2) is 25.6 Å². The number of amides is 1. The summed E-state index contributed by atoms with van der Waals surface area (Å²) >= 11 is 5.93. The molecule has 2 rings (SSSR count). The number of methoxy groups -OCH3 is 1. The first kappa shape index (κ1) is 16.8. The van der Waals surface area contributed by atoms with Crippen LogP contribution in [0.5, 0.6) is 5.75 Å². The normalized spacial score (nSPS) is 10.0. The molecule has 0 spiro atoms. The van der Waals surface area contributed by atoms with E-state index in [1.54, 1.807) is 12.1 Å². The number of hydrogen-bond donors (Lipinski definition) is 1. The fourth-order valence-electron chi connectivity index (χ4n) is 1.93. The van der Waals surface area contributed by atoms with Crippen molar-refractivity contribution in [2.75, 3.05) is 19.0 Å². The number of benzene rings is 2. The number of halogens is 1. The second kappa shape index (κ2) is 7.65. The number of carbonyl (C=O) groups is 2. The van der Waals surface area contributed by atoms with Crippen molar-refractivity contribution in [1.29, 1.82) is 0 Å². The molecule has 0 aliphatic rings. The highest BCUT2D eigenvalue weighted by molar-refractivity contribution is 6.33. The number of hydrogen-bond acceptors (Lipinski definition) is 4. The number of esters is 1. The van der Waals surface area contributed by atoms with Crippen LogP contribution >= 0.6 is 11.6 Å². The molecule has 0 saturated heterocycles. The van der Waals surface area contributed by atoms with Crippen LogP contribution < -0.4 is 10.1 Å². The van der Waals surface area contributed by atoms with Gasteiger partial charge in [-0.2, -0.15) is 0 Å². The van der Waals surface area contributed by atoms with Crippen molar-refractivity contribution < 1.29 is 19.1 Å². The quantitative estimate of drug-likeness (QED) is 0.851. The Morgan fingerprint density at radius 1 is 1.17 bits per heavy atom. The Labute approximate surface area is 139 Å². The summed E-state index contributed by atoms with van der Waals surface area (Å²) in [5.74, 6) is -0.261. The Balaban J connectivity index is 2.00. The third-order valence-corrected chi connectivity index (χ3v) is 3.44. The molecule has 23 heavy (non-hydrogen) atoms. The molecule has 0 aliphatic heterocycles. The molecular formula is C17H16ClNO4. The van der Waals surface area contributed by atoms with Crippen LogP contribution in [-0.2, 0) is 9.53 Å². The monoisotopic (exact) mass is 333 g/mol. The van der Waals surface area contributed by atoms with Gasteiger partial charge in [0.2, 0.25) is 0 Å². The highest BCUT2D eigenvalue weighted by atomic mass is 35.5. The Morgan fingerprint density at radius 3 is 2.61 bits per heavy atom. The molecule has 0 unspecified atom stereocenters. The van der Waals surface area contributed by atoms with Crippen molar-refractivity contribution in [3.05, 3.63) is 58.6 Å². The average Bonchev–Trinajstić information content (AvgIpc) is 2.55. The van der Waals surface area contributed by atoms with Crippen molar-refractivity contribution in [3.63, 3.8) is 0 Å². The second-order valence-corrected chi connectivity index (χ2v) is 5.20. The van der Waals surface area contributed by atoms with Crippen LogP contribution in [0, 0.1) is 6.92 Å². The number of rotatable bonds is 5. The number of ether oxygens (including phenoxy) is 2. The summed E-state index contributed by atoms with van der Waals surface area (Å²) in [7, 11) is 1.26. The van der Waals surface area contributed by atoms with Gasteiger partial charge in [-0.05, 0) is 36.8 Å². The number of aryl methyl sites for hydroxylation is 1. The number of carbonyl (C=O) groups excluding carboxylic acids is 2. The minimum atomic E-state index is -0.567. The Kier molecular flexibility index (Phi) is 5.60. The number of anilines is 1. The van der Waals surface area contributed by atoms with Gasteiger partial charge in [-0.25, -0.2) is 4.79 Å². The lowest BCUT2D eigenvalue weighted by Crippen LogP contribution is -2.20. The molecule has 1 amide bonds. The smallest absolute Gasteiger partial charge is 0.339 e. The van der Waals surface area contributed by atoms with Crippen molar-refractivity contribution in [3.8, 4) is 5.75 Å². The lowest BCUT2D eigenvalue weighted by molar-refractivity contribution is -0.118. The molecule has 0 saturated carbocycles. The third-order valence-electron chi connectivity index (χ3n) is 3.11. The molecule has 2 aromatic rings. The van der Waals surface area contributed by atoms with Gasteiger partial charge in [-0.3, -0.25) is 4.79 Å². The second-order valence-electron chi connectivity index (χ2n) is 4.79. The number of nitrogens with one attached hydrogen (secondary N) is 1. The van der Waals surface area contributed by atoms with Gasteiger partial charge in [-0.15, -0.1) is 0 Å². The van der Waals surface area contributed by atoms with Gasteiger partial charge in [0, 0.05) is 5.69 Å². The van der Waals surface area contributed by atoms with Crippen LogP contribution in [0.4, 0.5) is 5.69 Å². The molecule has 120 valence electrons. The highest BCUT2D eigenvalue weighted by Crippen LogP contribution is 2.21. The van der Waals surface area contributed by atoms with Crippen molar-refractivity contribution in [2.45, 2.75) is 6.92 Å². The van der Waals surface area contributed by atoms with Gasteiger partial charge < -0.3 is 14.8 Å². The van der Waals surface area contributed by atoms with Crippen molar-refractivity contribution in [2.24, 2.45) is 0 Å². The molecule has 0 aliphatic carbocycles. The molecule has 0 fully saturated rings. The summed E-state index contributed by atoms with van der Waals surface area (Å²) in [6.45, 7) is 1.76. The molecule has 0 atom stereocenters. The van der Waals surface area contributed by atoms with Gasteiger partial charge >= 0.3 is 5.97 Å². The average molecular weight is 334 g/mol. The van der Waals surface area contributed by atoms with Gasteiger partial charge in [0.05, 0.1) is 17.7 Å². The van der Waals surface area contributed by atoms with Gasteiger partial charge in [0.15, 0.2) is 6.61 Å². The first-order chi connectivity index (χ1) is 11.0. The Hall–Kier alpha value is -2.53. The topological polar surface area (TPSA) is 64.6 Å². The van der Waals surface area contributed by atoms with E-state index in [4.69, 9.17) is 16.3 Å². The van der Waals surface area contributed by atoms with Crippen LogP contribution in [0.25, 0.3) is 0 Å². The van der Waals surface area contributed by atoms with E-state index in [2.05, 4.69) is 10.1 Å². The van der Waals surface area contributed by atoms with E-state index >= 15 is 0 Å². The zero-order chi connectivity index (χ0) is 16.8. The molecule has 5 nitrogen and oxygen atoms in total. The Morgan fingerprint density at radius 2 is 1.91 bits per heavy atom. The molecule has 0 heterocycles. The zero-order valence-electron chi connectivity index (χ0n) is 12.8. The van der Waals surface area contributed by atoms with Gasteiger partial charge in [0.25, 0.3) is 5.91 Å². The maximum atomic E-state index is 11.9. The van der Waals surface area contributed by atoms with E-state index in [0.29, 0.717) is 11.4 Å². The van der Waals surface area contributed by atoms with E-state index in [0.717, 1.165) is 5.56 Å². The van der Waals surface area contributed by atoms with Crippen LogP contribution in [0.3, 0.4) is 0 Å². The van der Waals surface area contributed by atoms with Crippen molar-refractivity contribution in [1.82, 2.24) is 0 Å².